The second-order valence-electron chi connectivity index (χ2n) is 16.8. The maximum atomic E-state index is 16.7. The van der Waals surface area contributed by atoms with Crippen LogP contribution in [0.4, 0.5) is 26.4 Å². The number of halogens is 1. The van der Waals surface area contributed by atoms with E-state index in [2.05, 4.69) is 31.3 Å². The van der Waals surface area contributed by atoms with Crippen molar-refractivity contribution in [3.8, 4) is 11.6 Å². The van der Waals surface area contributed by atoms with Gasteiger partial charge < -0.3 is 39.2 Å². The molecule has 298 valence electrons. The van der Waals surface area contributed by atoms with Gasteiger partial charge >= 0.3 is 6.09 Å². The molecular weight excluding hydrogens is 716 g/mol. The van der Waals surface area contributed by atoms with Crippen LogP contribution < -0.4 is 30.4 Å². The van der Waals surface area contributed by atoms with Gasteiger partial charge in [0, 0.05) is 75.9 Å². The molecule has 3 fully saturated rings. The highest BCUT2D eigenvalue weighted by Gasteiger charge is 2.44. The molecule has 1 unspecified atom stereocenters. The van der Waals surface area contributed by atoms with Gasteiger partial charge in [0.05, 0.1) is 42.0 Å². The van der Waals surface area contributed by atoms with Crippen LogP contribution in [0.5, 0.6) is 11.6 Å². The van der Waals surface area contributed by atoms with Gasteiger partial charge in [-0.15, -0.1) is 0 Å². The van der Waals surface area contributed by atoms with Crippen LogP contribution in [0, 0.1) is 11.7 Å². The van der Waals surface area contributed by atoms with E-state index in [0.717, 1.165) is 50.0 Å². The van der Waals surface area contributed by atoms with Crippen LogP contribution in [0.2, 0.25) is 0 Å². The quantitative estimate of drug-likeness (QED) is 0.227. The Labute approximate surface area is 327 Å². The predicted molar refractivity (Wildman–Crippen MR) is 214 cm³/mol. The number of anilines is 3. The SMILES string of the molecule is COc1cc(CN(Cc2cn3c4c(c(N5C[C@H]6CCCN(C(=O)OC(C)(C)C)[C@H]6C5)c(F)cc4c2=O)OCC3C)[C@H]2CCCN(c3ccc(N)nc3)C2)ccn1. The summed E-state index contributed by atoms with van der Waals surface area (Å²) in [5, 5.41) is 0.307. The Morgan fingerprint density at radius 2 is 1.88 bits per heavy atom. The number of benzene rings is 1. The molecule has 3 saturated heterocycles. The van der Waals surface area contributed by atoms with Gasteiger partial charge in [-0.1, -0.05) is 0 Å². The third-order valence-electron chi connectivity index (χ3n) is 11.8. The molecule has 1 amide bonds. The number of carbonyl (C=O) groups is 1. The number of methoxy groups -OCH3 is 1. The van der Waals surface area contributed by atoms with Crippen molar-refractivity contribution in [2.75, 3.05) is 62.0 Å². The monoisotopic (exact) mass is 768 g/mol. The van der Waals surface area contributed by atoms with E-state index in [4.69, 9.17) is 19.9 Å². The van der Waals surface area contributed by atoms with E-state index in [1.165, 1.54) is 6.07 Å². The van der Waals surface area contributed by atoms with Gasteiger partial charge in [0.25, 0.3) is 0 Å². The summed E-state index contributed by atoms with van der Waals surface area (Å²) in [6, 6.07) is 9.03. The van der Waals surface area contributed by atoms with Crippen molar-refractivity contribution < 1.29 is 23.4 Å². The lowest BCUT2D eigenvalue weighted by atomic mass is 9.92. The number of carbonyl (C=O) groups excluding carboxylic acids is 1. The molecule has 0 bridgehead atoms. The van der Waals surface area contributed by atoms with E-state index in [1.54, 1.807) is 13.3 Å². The number of fused-ring (bicyclic) bond motifs is 1. The van der Waals surface area contributed by atoms with Crippen molar-refractivity contribution >= 4 is 34.2 Å². The highest BCUT2D eigenvalue weighted by molar-refractivity contribution is 5.92. The number of hydrogen-bond donors (Lipinski definition) is 1. The Hall–Kier alpha value is -5.11. The number of ether oxygens (including phenoxy) is 3. The topological polar surface area (TPSA) is 132 Å². The van der Waals surface area contributed by atoms with E-state index in [0.29, 0.717) is 78.9 Å². The number of piperidine rings is 2. The van der Waals surface area contributed by atoms with Gasteiger partial charge in [0.15, 0.2) is 17.0 Å². The van der Waals surface area contributed by atoms with Crippen molar-refractivity contribution in [1.29, 1.82) is 0 Å². The first kappa shape index (κ1) is 37.8. The fraction of sp³-hybridized carbons (Fsp3) is 0.524. The Morgan fingerprint density at radius 1 is 1.05 bits per heavy atom. The van der Waals surface area contributed by atoms with Gasteiger partial charge in [0.2, 0.25) is 5.88 Å². The first-order valence-electron chi connectivity index (χ1n) is 19.8. The van der Waals surface area contributed by atoms with E-state index in [-0.39, 0.29) is 35.6 Å². The van der Waals surface area contributed by atoms with Gasteiger partial charge in [-0.05, 0) is 89.1 Å². The molecule has 0 spiro atoms. The average Bonchev–Trinajstić information content (AvgIpc) is 3.61. The number of pyridine rings is 3. The van der Waals surface area contributed by atoms with Crippen LogP contribution in [0.3, 0.4) is 0 Å². The molecule has 2 N–H and O–H groups in total. The number of hydrogen-bond acceptors (Lipinski definition) is 11. The molecule has 0 saturated carbocycles. The fourth-order valence-corrected chi connectivity index (χ4v) is 9.09. The van der Waals surface area contributed by atoms with Crippen molar-refractivity contribution in [3.63, 3.8) is 0 Å². The minimum absolute atomic E-state index is 0.0902. The lowest BCUT2D eigenvalue weighted by molar-refractivity contribution is 0.00669. The summed E-state index contributed by atoms with van der Waals surface area (Å²) in [7, 11) is 1.60. The molecule has 1 aromatic carbocycles. The molecule has 4 atom stereocenters. The largest absolute Gasteiger partial charge is 0.487 e. The summed E-state index contributed by atoms with van der Waals surface area (Å²) in [5.74, 6) is 1.07. The Balaban J connectivity index is 1.13. The van der Waals surface area contributed by atoms with Gasteiger partial charge in [-0.2, -0.15) is 0 Å². The maximum Gasteiger partial charge on any atom is 0.410 e. The summed E-state index contributed by atoms with van der Waals surface area (Å²) >= 11 is 0. The number of nitrogens with zero attached hydrogens (tertiary/aromatic N) is 7. The summed E-state index contributed by atoms with van der Waals surface area (Å²) in [4.78, 5) is 45.0. The molecule has 7 heterocycles. The summed E-state index contributed by atoms with van der Waals surface area (Å²) in [6.45, 7) is 12.2. The molecule has 56 heavy (non-hydrogen) atoms. The molecular formula is C42H53FN8O5. The van der Waals surface area contributed by atoms with Gasteiger partial charge in [-0.3, -0.25) is 9.69 Å². The molecule has 14 heteroatoms. The molecule has 4 aliphatic heterocycles. The first-order chi connectivity index (χ1) is 26.9. The van der Waals surface area contributed by atoms with Crippen LogP contribution in [0.15, 0.2) is 53.7 Å². The van der Waals surface area contributed by atoms with Crippen LogP contribution in [0.25, 0.3) is 10.9 Å². The minimum Gasteiger partial charge on any atom is -0.487 e. The van der Waals surface area contributed by atoms with E-state index in [1.807, 2.05) is 67.2 Å². The van der Waals surface area contributed by atoms with Crippen LogP contribution in [-0.2, 0) is 17.8 Å². The van der Waals surface area contributed by atoms with E-state index < -0.39 is 11.4 Å². The number of rotatable bonds is 8. The Kier molecular flexibility index (Phi) is 10.2. The molecule has 4 aromatic rings. The number of likely N-dealkylation sites (tertiary alicyclic amines) is 1. The molecule has 0 aliphatic carbocycles. The molecule has 3 aromatic heterocycles. The zero-order chi connectivity index (χ0) is 39.3. The standard InChI is InChI=1S/C42H53FN8O5/c1-26-25-55-40-37-32(17-33(43)38(40)49-20-28-8-6-15-50(34(28)24-49)41(53)56-42(2,3)4)39(52)29(22-51(26)37)21-48(19-27-12-13-45-36(16-27)54-5)31-9-7-14-47(23-31)30-10-11-35(44)46-18-30/h10-13,16-18,22,26,28,31,34H,6-9,14-15,19-21,23-25H2,1-5H3,(H2,44,46)/t26?,28-,31+,34+/m1/s1. The maximum absolute atomic E-state index is 16.7. The lowest BCUT2D eigenvalue weighted by Crippen LogP contribution is -2.50. The van der Waals surface area contributed by atoms with Crippen LogP contribution in [-0.4, -0.2) is 94.6 Å². The summed E-state index contributed by atoms with van der Waals surface area (Å²) in [5.41, 5.74) is 8.66. The Bertz CT molecular complexity index is 2160. The predicted octanol–water partition coefficient (Wildman–Crippen LogP) is 5.98. The third kappa shape index (κ3) is 7.42. The molecule has 8 rings (SSSR count). The van der Waals surface area contributed by atoms with Crippen molar-refractivity contribution in [2.24, 2.45) is 5.92 Å². The number of nitrogen functional groups attached to an aromatic ring is 1. The molecule has 4 aliphatic rings. The Morgan fingerprint density at radius 3 is 2.64 bits per heavy atom. The van der Waals surface area contributed by atoms with Crippen molar-refractivity contribution in [2.45, 2.75) is 90.2 Å². The van der Waals surface area contributed by atoms with Gasteiger partial charge in [0.1, 0.15) is 23.7 Å². The highest BCUT2D eigenvalue weighted by Crippen LogP contribution is 2.45. The smallest absolute Gasteiger partial charge is 0.410 e. The third-order valence-corrected chi connectivity index (χ3v) is 11.8. The zero-order valence-corrected chi connectivity index (χ0v) is 33.0. The van der Waals surface area contributed by atoms with E-state index in [9.17, 15) is 9.59 Å². The fourth-order valence-electron chi connectivity index (χ4n) is 9.09. The minimum atomic E-state index is -0.611. The van der Waals surface area contributed by atoms with E-state index >= 15 is 4.39 Å². The highest BCUT2D eigenvalue weighted by atomic mass is 19.1. The van der Waals surface area contributed by atoms with Gasteiger partial charge in [-0.25, -0.2) is 19.2 Å². The normalized spacial score (nSPS) is 22.3. The lowest BCUT2D eigenvalue weighted by Gasteiger charge is -2.40. The summed E-state index contributed by atoms with van der Waals surface area (Å²) in [6.07, 6.45) is 8.89. The second kappa shape index (κ2) is 15.1. The van der Waals surface area contributed by atoms with Crippen molar-refractivity contribution in [1.82, 2.24) is 24.3 Å². The number of nitrogens with two attached hydrogens (primary N) is 1. The summed E-state index contributed by atoms with van der Waals surface area (Å²) < 4.78 is 36.3. The molecule has 0 radical (unpaired) electrons. The number of amides is 1. The van der Waals surface area contributed by atoms with Crippen LogP contribution >= 0.6 is 0 Å². The second-order valence-corrected chi connectivity index (χ2v) is 16.8. The first-order valence-corrected chi connectivity index (χ1v) is 19.8. The van der Waals surface area contributed by atoms with Crippen molar-refractivity contribution in [3.05, 3.63) is 76.1 Å². The average molecular weight is 769 g/mol. The zero-order valence-electron chi connectivity index (χ0n) is 33.0. The molecule has 13 nitrogen and oxygen atoms in total. The number of aromatic nitrogens is 3. The van der Waals surface area contributed by atoms with Crippen LogP contribution in [0.1, 0.15) is 70.5 Å².